The second kappa shape index (κ2) is 12.1. The molecule has 0 radical (unpaired) electrons. The fourth-order valence-electron chi connectivity index (χ4n) is 6.05. The standard InChI is InChI=1S/C25H37Si.3ClH.Ti/c1-8-9-14-26(7,24-15-22-12-10-11-13-23(22)16-24)25-20(5)18(3)17(2)19(4)21(25)6;;;;/h10-13,15,22-24H,8-9,14,16H2,1-7H3;3*1H;/q;;;;+3/p-3. The first-order valence-corrected chi connectivity index (χ1v) is 14.6. The molecule has 5 heteroatoms. The predicted molar refractivity (Wildman–Crippen MR) is 118 cm³/mol. The first-order chi connectivity index (χ1) is 12.7. The van der Waals surface area contributed by atoms with Crippen LogP contribution in [0.1, 0.15) is 54.0 Å². The minimum Gasteiger partial charge on any atom is -1.00 e. The molecule has 166 valence electrons. The van der Waals surface area contributed by atoms with Crippen LogP contribution in [-0.2, 0) is 20.4 Å². The van der Waals surface area contributed by atoms with Gasteiger partial charge in [0, 0.05) is 0 Å². The van der Waals surface area contributed by atoms with Crippen LogP contribution in [0.4, 0.5) is 0 Å². The summed E-state index contributed by atoms with van der Waals surface area (Å²) in [7, 11) is -1.61. The molecule has 0 spiro atoms. The molecular formula is C25H37Cl3SiTi. The Morgan fingerprint density at radius 1 is 0.867 bits per heavy atom. The Morgan fingerprint density at radius 3 is 1.87 bits per heavy atom. The summed E-state index contributed by atoms with van der Waals surface area (Å²) in [4.78, 5) is 0. The quantitative estimate of drug-likeness (QED) is 0.387. The van der Waals surface area contributed by atoms with Gasteiger partial charge in [-0.3, -0.25) is 0 Å². The molecule has 0 saturated heterocycles. The molecule has 0 bridgehead atoms. The Morgan fingerprint density at radius 2 is 1.37 bits per heavy atom. The molecule has 2 aliphatic carbocycles. The van der Waals surface area contributed by atoms with Crippen molar-refractivity contribution in [2.75, 3.05) is 0 Å². The largest absolute Gasteiger partial charge is 1.00 e. The van der Waals surface area contributed by atoms with Crippen LogP contribution in [0.2, 0.25) is 22.4 Å². The maximum atomic E-state index is 2.75. The van der Waals surface area contributed by atoms with Crippen LogP contribution in [0.3, 0.4) is 0 Å². The van der Waals surface area contributed by atoms with Gasteiger partial charge >= 0.3 is 181 Å². The van der Waals surface area contributed by atoms with Crippen molar-refractivity contribution in [3.8, 4) is 0 Å². The normalized spacial score (nSPS) is 26.2. The van der Waals surface area contributed by atoms with E-state index in [9.17, 15) is 0 Å². The summed E-state index contributed by atoms with van der Waals surface area (Å²) in [6.45, 7) is 17.0. The number of unbranched alkanes of at least 4 members (excludes halogenated alkanes) is 1. The molecule has 1 aromatic rings. The second-order valence-corrected chi connectivity index (χ2v) is 15.0. The molecule has 3 rings (SSSR count). The molecule has 0 aromatic heterocycles. The van der Waals surface area contributed by atoms with Gasteiger partial charge in [0.2, 0.25) is 0 Å². The van der Waals surface area contributed by atoms with E-state index < -0.39 is 8.07 Å². The Labute approximate surface area is 216 Å². The van der Waals surface area contributed by atoms with Gasteiger partial charge in [-0.05, 0) is 0 Å². The second-order valence-electron chi connectivity index (χ2n) is 9.40. The zero-order valence-corrected chi connectivity index (χ0v) is 24.4. The van der Waals surface area contributed by atoms with Crippen LogP contribution >= 0.6 is 0 Å². The van der Waals surface area contributed by atoms with Crippen molar-refractivity contribution < 1.29 is 57.7 Å². The van der Waals surface area contributed by atoms with Crippen molar-refractivity contribution in [2.24, 2.45) is 11.8 Å². The predicted octanol–water partition coefficient (Wildman–Crippen LogP) is -2.21. The third kappa shape index (κ3) is 5.18. The van der Waals surface area contributed by atoms with Crippen LogP contribution in [0.15, 0.2) is 24.3 Å². The van der Waals surface area contributed by atoms with E-state index in [1.807, 2.05) is 5.19 Å². The van der Waals surface area contributed by atoms with Crippen molar-refractivity contribution in [1.82, 2.24) is 0 Å². The van der Waals surface area contributed by atoms with E-state index >= 15 is 0 Å². The minimum absolute atomic E-state index is 0. The van der Waals surface area contributed by atoms with Gasteiger partial charge in [0.15, 0.2) is 0 Å². The first-order valence-electron chi connectivity index (χ1n) is 10.9. The minimum atomic E-state index is -1.61. The fourth-order valence-corrected chi connectivity index (χ4v) is 14.5. The molecule has 0 N–H and O–H groups in total. The number of hydrogen-bond acceptors (Lipinski definition) is 0. The molecule has 5 unspecified atom stereocenters. The molecule has 0 heterocycles. The molecule has 0 nitrogen and oxygen atoms in total. The number of allylic oxidation sites excluding steroid dienone is 4. The Bertz CT molecular complexity index is 760. The monoisotopic (exact) mass is 518 g/mol. The maximum Gasteiger partial charge on any atom is -1.00 e. The SMILES string of the molecule is CCCC[Si](C)(c1c(C)c(C)c(C)c(C)c1C)C1CC2C=CC=CC2[CH]1[Ti+3].[Cl-].[Cl-].[Cl-]. The molecule has 1 saturated carbocycles. The van der Waals surface area contributed by atoms with Crippen molar-refractivity contribution >= 4 is 13.3 Å². The average molecular weight is 520 g/mol. The van der Waals surface area contributed by atoms with Crippen molar-refractivity contribution in [2.45, 2.75) is 83.2 Å². The number of fused-ring (bicyclic) bond motifs is 1. The van der Waals surface area contributed by atoms with Crippen LogP contribution < -0.4 is 42.4 Å². The smallest absolute Gasteiger partial charge is 1.00 e. The molecule has 0 amide bonds. The number of rotatable bonds is 5. The van der Waals surface area contributed by atoms with E-state index in [0.717, 1.165) is 21.6 Å². The van der Waals surface area contributed by atoms with E-state index in [0.29, 0.717) is 0 Å². The summed E-state index contributed by atoms with van der Waals surface area (Å²) >= 11 is 2.56. The van der Waals surface area contributed by atoms with Gasteiger partial charge in [0.05, 0.1) is 0 Å². The van der Waals surface area contributed by atoms with Crippen molar-refractivity contribution in [3.05, 3.63) is 52.1 Å². The Balaban J connectivity index is 0.00000280. The average Bonchev–Trinajstić information content (AvgIpc) is 3.01. The Hall–Kier alpha value is 0.501. The van der Waals surface area contributed by atoms with Crippen molar-refractivity contribution in [1.29, 1.82) is 0 Å². The summed E-state index contributed by atoms with van der Waals surface area (Å²) in [6.07, 6.45) is 13.7. The van der Waals surface area contributed by atoms with Crippen LogP contribution in [0.25, 0.3) is 0 Å². The van der Waals surface area contributed by atoms with E-state index in [-0.39, 0.29) is 37.2 Å². The van der Waals surface area contributed by atoms with Gasteiger partial charge < -0.3 is 37.2 Å². The molecule has 5 atom stereocenters. The fraction of sp³-hybridized carbons (Fsp3) is 0.600. The van der Waals surface area contributed by atoms with Gasteiger partial charge in [-0.2, -0.15) is 0 Å². The zero-order valence-electron chi connectivity index (χ0n) is 19.6. The number of halogens is 3. The first kappa shape index (κ1) is 30.5. The molecule has 0 aliphatic heterocycles. The topological polar surface area (TPSA) is 0 Å². The van der Waals surface area contributed by atoms with E-state index in [4.69, 9.17) is 0 Å². The third-order valence-corrected chi connectivity index (χ3v) is 15.4. The molecular weight excluding hydrogens is 483 g/mol. The molecule has 1 fully saturated rings. The maximum absolute atomic E-state index is 2.75. The van der Waals surface area contributed by atoms with Crippen molar-refractivity contribution in [3.63, 3.8) is 0 Å². The van der Waals surface area contributed by atoms with E-state index in [1.165, 1.54) is 30.9 Å². The van der Waals surface area contributed by atoms with Gasteiger partial charge in [0.1, 0.15) is 0 Å². The van der Waals surface area contributed by atoms with E-state index in [1.54, 1.807) is 22.3 Å². The summed E-state index contributed by atoms with van der Waals surface area (Å²) in [5.74, 6) is 1.54. The van der Waals surface area contributed by atoms with Crippen LogP contribution in [0.5, 0.6) is 0 Å². The summed E-state index contributed by atoms with van der Waals surface area (Å²) in [5.41, 5.74) is 8.74. The van der Waals surface area contributed by atoms with E-state index in [2.05, 4.69) is 92.8 Å². The summed E-state index contributed by atoms with van der Waals surface area (Å²) in [6, 6.07) is 1.45. The molecule has 30 heavy (non-hydrogen) atoms. The van der Waals surface area contributed by atoms with Crippen LogP contribution in [0, 0.1) is 46.5 Å². The van der Waals surface area contributed by atoms with Gasteiger partial charge in [-0.15, -0.1) is 0 Å². The third-order valence-electron chi connectivity index (χ3n) is 8.11. The molecule has 2 aliphatic rings. The zero-order chi connectivity index (χ0) is 19.9. The van der Waals surface area contributed by atoms with Gasteiger partial charge in [-0.1, -0.05) is 0 Å². The Kier molecular flexibility index (Phi) is 12.3. The summed E-state index contributed by atoms with van der Waals surface area (Å²) in [5, 5.41) is 1.82. The molecule has 1 aromatic carbocycles. The van der Waals surface area contributed by atoms with Crippen LogP contribution in [-0.4, -0.2) is 8.07 Å². The van der Waals surface area contributed by atoms with Gasteiger partial charge in [0.25, 0.3) is 0 Å². The number of benzene rings is 1. The number of hydrogen-bond donors (Lipinski definition) is 0. The summed E-state index contributed by atoms with van der Waals surface area (Å²) < 4.78 is 0.811. The van der Waals surface area contributed by atoms with Gasteiger partial charge in [-0.25, -0.2) is 0 Å².